The van der Waals surface area contributed by atoms with Gasteiger partial charge in [0.1, 0.15) is 0 Å². The summed E-state index contributed by atoms with van der Waals surface area (Å²) in [6.07, 6.45) is 16.7. The highest BCUT2D eigenvalue weighted by Gasteiger charge is 2.82. The summed E-state index contributed by atoms with van der Waals surface area (Å²) in [5, 5.41) is 11.8. The highest BCUT2D eigenvalue weighted by molar-refractivity contribution is 5.31. The molecule has 0 aromatic carbocycles. The lowest BCUT2D eigenvalue weighted by atomic mass is 9.41. The van der Waals surface area contributed by atoms with Crippen LogP contribution in [0.25, 0.3) is 0 Å². The molecule has 0 aromatic rings. The molecule has 5 fully saturated rings. The topological polar surface area (TPSA) is 20.2 Å². The van der Waals surface area contributed by atoms with Crippen molar-refractivity contribution in [1.82, 2.24) is 0 Å². The number of hydrogen-bond donors (Lipinski definition) is 1. The van der Waals surface area contributed by atoms with Gasteiger partial charge in [-0.1, -0.05) is 74.1 Å². The van der Waals surface area contributed by atoms with Crippen LogP contribution in [0, 0.1) is 56.7 Å². The molecule has 1 nitrogen and oxygen atoms in total. The third-order valence-corrected chi connectivity index (χ3v) is 13.1. The van der Waals surface area contributed by atoms with Gasteiger partial charge >= 0.3 is 0 Å². The smallest absolute Gasteiger partial charge is 0.0604 e. The van der Waals surface area contributed by atoms with Crippen LogP contribution in [0.5, 0.6) is 0 Å². The van der Waals surface area contributed by atoms with Gasteiger partial charge in [-0.25, -0.2) is 0 Å². The van der Waals surface area contributed by atoms with Crippen molar-refractivity contribution in [3.05, 3.63) is 0 Å². The first-order valence-corrected chi connectivity index (χ1v) is 14.1. The standard InChI is InChI=1S/C30H52O/c1-20(2)10-8-11-21(3)22-18-25(31)28(7)24-13-12-23-26(4,5)14-9-15-29(23)19-30(24,29)17-16-27(22,28)6/h20-25,31H,8-19H2,1-7H3/t21-,22-,23+,24+,25?,27-,28-,29-,30-/m1/s1. The maximum Gasteiger partial charge on any atom is 0.0604 e. The molecule has 0 bridgehead atoms. The molecule has 1 heteroatoms. The Morgan fingerprint density at radius 1 is 0.839 bits per heavy atom. The maximum atomic E-state index is 11.8. The summed E-state index contributed by atoms with van der Waals surface area (Å²) >= 11 is 0. The van der Waals surface area contributed by atoms with E-state index in [1.807, 2.05) is 0 Å². The summed E-state index contributed by atoms with van der Waals surface area (Å²) in [7, 11) is 0. The quantitative estimate of drug-likeness (QED) is 0.467. The van der Waals surface area contributed by atoms with Crippen molar-refractivity contribution in [1.29, 1.82) is 0 Å². The van der Waals surface area contributed by atoms with E-state index in [1.54, 1.807) is 0 Å². The van der Waals surface area contributed by atoms with Gasteiger partial charge in [-0.15, -0.1) is 0 Å². The van der Waals surface area contributed by atoms with E-state index in [1.165, 1.54) is 70.6 Å². The Balaban J connectivity index is 1.42. The molecular formula is C30H52O. The van der Waals surface area contributed by atoms with Crippen molar-refractivity contribution in [3.63, 3.8) is 0 Å². The van der Waals surface area contributed by atoms with Gasteiger partial charge in [0.25, 0.3) is 0 Å². The second-order valence-corrected chi connectivity index (χ2v) is 14.9. The van der Waals surface area contributed by atoms with Crippen molar-refractivity contribution in [2.75, 3.05) is 0 Å². The minimum atomic E-state index is -0.0805. The number of aliphatic hydroxyl groups is 1. The number of fused-ring (bicyclic) bond motifs is 2. The molecule has 1 unspecified atom stereocenters. The first-order chi connectivity index (χ1) is 14.4. The zero-order chi connectivity index (χ0) is 22.4. The fraction of sp³-hybridized carbons (Fsp3) is 1.00. The summed E-state index contributed by atoms with van der Waals surface area (Å²) in [5.41, 5.74) is 2.23. The zero-order valence-electron chi connectivity index (χ0n) is 21.9. The summed E-state index contributed by atoms with van der Waals surface area (Å²) in [5.74, 6) is 4.01. The molecule has 0 radical (unpaired) electrons. The van der Waals surface area contributed by atoms with E-state index in [2.05, 4.69) is 48.5 Å². The molecule has 0 aromatic heterocycles. The van der Waals surface area contributed by atoms with Crippen LogP contribution in [-0.2, 0) is 0 Å². The Morgan fingerprint density at radius 2 is 1.52 bits per heavy atom. The van der Waals surface area contributed by atoms with Crippen LogP contribution in [0.3, 0.4) is 0 Å². The third kappa shape index (κ3) is 2.77. The first kappa shape index (κ1) is 22.7. The fourth-order valence-corrected chi connectivity index (χ4v) is 11.4. The van der Waals surface area contributed by atoms with Gasteiger partial charge in [0.05, 0.1) is 6.10 Å². The van der Waals surface area contributed by atoms with E-state index in [0.29, 0.717) is 27.6 Å². The summed E-state index contributed by atoms with van der Waals surface area (Å²) in [6.45, 7) is 17.6. The SMILES string of the molecule is CC(C)CCC[C@@H](C)[C@H]1CC(O)[C@@]2(C)[C@@H]3CC[C@H]4C(C)(C)CCC[C@@]45C[C@]35CC[C@]12C. The average molecular weight is 429 g/mol. The van der Waals surface area contributed by atoms with Gasteiger partial charge in [-0.3, -0.25) is 0 Å². The maximum absolute atomic E-state index is 11.8. The Labute approximate surface area is 193 Å². The molecule has 0 amide bonds. The van der Waals surface area contributed by atoms with Gasteiger partial charge in [0, 0.05) is 5.41 Å². The monoisotopic (exact) mass is 428 g/mol. The van der Waals surface area contributed by atoms with Crippen molar-refractivity contribution >= 4 is 0 Å². The Kier molecular flexibility index (Phi) is 5.13. The number of aliphatic hydroxyl groups excluding tert-OH is 1. The molecule has 1 N–H and O–H groups in total. The minimum absolute atomic E-state index is 0.0805. The van der Waals surface area contributed by atoms with Crippen molar-refractivity contribution < 1.29 is 5.11 Å². The van der Waals surface area contributed by atoms with Crippen LogP contribution in [0.2, 0.25) is 0 Å². The van der Waals surface area contributed by atoms with Gasteiger partial charge in [0.2, 0.25) is 0 Å². The van der Waals surface area contributed by atoms with E-state index in [-0.39, 0.29) is 11.5 Å². The van der Waals surface area contributed by atoms with Crippen LogP contribution in [0.15, 0.2) is 0 Å². The fourth-order valence-electron chi connectivity index (χ4n) is 11.4. The van der Waals surface area contributed by atoms with Crippen LogP contribution >= 0.6 is 0 Å². The molecule has 31 heavy (non-hydrogen) atoms. The Hall–Kier alpha value is -0.0400. The van der Waals surface area contributed by atoms with Gasteiger partial charge in [0.15, 0.2) is 0 Å². The van der Waals surface area contributed by atoms with Crippen molar-refractivity contribution in [2.24, 2.45) is 56.7 Å². The van der Waals surface area contributed by atoms with Gasteiger partial charge < -0.3 is 5.11 Å². The lowest BCUT2D eigenvalue weighted by Gasteiger charge is -2.63. The Bertz CT molecular complexity index is 709. The van der Waals surface area contributed by atoms with E-state index in [0.717, 1.165) is 30.1 Å². The summed E-state index contributed by atoms with van der Waals surface area (Å²) in [4.78, 5) is 0. The van der Waals surface area contributed by atoms with Crippen LogP contribution < -0.4 is 0 Å². The predicted molar refractivity (Wildman–Crippen MR) is 131 cm³/mol. The highest BCUT2D eigenvalue weighted by atomic mass is 16.3. The van der Waals surface area contributed by atoms with Gasteiger partial charge in [-0.05, 0) is 103 Å². The summed E-state index contributed by atoms with van der Waals surface area (Å²) in [6, 6.07) is 0. The molecule has 9 atom stereocenters. The van der Waals surface area contributed by atoms with E-state index >= 15 is 0 Å². The van der Waals surface area contributed by atoms with Gasteiger partial charge in [-0.2, -0.15) is 0 Å². The van der Waals surface area contributed by atoms with Crippen LogP contribution in [-0.4, -0.2) is 11.2 Å². The predicted octanol–water partition coefficient (Wildman–Crippen LogP) is 8.25. The number of rotatable bonds is 5. The second-order valence-electron chi connectivity index (χ2n) is 14.9. The molecule has 5 rings (SSSR count). The summed E-state index contributed by atoms with van der Waals surface area (Å²) < 4.78 is 0. The Morgan fingerprint density at radius 3 is 2.23 bits per heavy atom. The van der Waals surface area contributed by atoms with Crippen LogP contribution in [0.1, 0.15) is 126 Å². The largest absolute Gasteiger partial charge is 0.393 e. The van der Waals surface area contributed by atoms with E-state index in [4.69, 9.17) is 0 Å². The third-order valence-electron chi connectivity index (χ3n) is 13.1. The van der Waals surface area contributed by atoms with E-state index in [9.17, 15) is 5.11 Å². The first-order valence-electron chi connectivity index (χ1n) is 14.1. The lowest BCUT2D eigenvalue weighted by molar-refractivity contribution is -0.169. The second kappa shape index (κ2) is 6.99. The molecule has 178 valence electrons. The molecule has 0 aliphatic heterocycles. The number of hydrogen-bond acceptors (Lipinski definition) is 1. The lowest BCUT2D eigenvalue weighted by Crippen LogP contribution is -2.58. The molecular weight excluding hydrogens is 376 g/mol. The van der Waals surface area contributed by atoms with Crippen molar-refractivity contribution in [3.8, 4) is 0 Å². The molecule has 5 aliphatic carbocycles. The molecule has 5 saturated carbocycles. The molecule has 0 heterocycles. The van der Waals surface area contributed by atoms with Crippen molar-refractivity contribution in [2.45, 2.75) is 132 Å². The molecule has 2 spiro atoms. The average Bonchev–Trinajstić information content (AvgIpc) is 3.29. The van der Waals surface area contributed by atoms with Crippen LogP contribution in [0.4, 0.5) is 0 Å². The highest BCUT2D eigenvalue weighted by Crippen LogP contribution is 2.89. The minimum Gasteiger partial charge on any atom is -0.393 e. The zero-order valence-corrected chi connectivity index (χ0v) is 21.9. The normalized spacial score (nSPS) is 53.3. The molecule has 5 aliphatic rings. The van der Waals surface area contributed by atoms with E-state index < -0.39 is 0 Å². The molecule has 0 saturated heterocycles.